The van der Waals surface area contributed by atoms with Gasteiger partial charge in [0.25, 0.3) is 11.8 Å². The van der Waals surface area contributed by atoms with Crippen molar-refractivity contribution >= 4 is 28.8 Å². The van der Waals surface area contributed by atoms with Crippen molar-refractivity contribution in [3.05, 3.63) is 65.4 Å². The number of aromatic nitrogens is 1. The largest absolute Gasteiger partial charge is 0.444 e. The van der Waals surface area contributed by atoms with E-state index in [1.54, 1.807) is 17.0 Å². The van der Waals surface area contributed by atoms with Gasteiger partial charge in [-0.1, -0.05) is 24.3 Å². The predicted octanol–water partition coefficient (Wildman–Crippen LogP) is 4.68. The molecular formula is C31H31F2N5O4. The molecular weight excluding hydrogens is 544 g/mol. The molecule has 9 nitrogen and oxygen atoms in total. The minimum Gasteiger partial charge on any atom is -0.444 e. The standard InChI is InChI=1S/C31H31F2N5O4/c1-30(2,3)42-29(41)37-11-9-21-12-19(4-5-22(21)17-37)20-6-7-26-25(13-20)24(8-10-35-26)28(40)36-16-27(39)38-18-31(32,33)14-23(38)15-34/h4-8,10,12-13,23H,9,11,14,16-18H2,1-3H3,(H,36,40)/t23-/m0/s1. The fraction of sp³-hybridized carbons (Fsp3) is 0.387. The van der Waals surface area contributed by atoms with E-state index in [1.807, 2.05) is 45.0 Å². The van der Waals surface area contributed by atoms with Crippen LogP contribution in [0.4, 0.5) is 13.6 Å². The van der Waals surface area contributed by atoms with Crippen molar-refractivity contribution < 1.29 is 27.9 Å². The Morgan fingerprint density at radius 3 is 2.60 bits per heavy atom. The van der Waals surface area contributed by atoms with Gasteiger partial charge in [-0.3, -0.25) is 14.6 Å². The second-order valence-corrected chi connectivity index (χ2v) is 11.6. The summed E-state index contributed by atoms with van der Waals surface area (Å²) in [6.45, 7) is 5.16. The first-order chi connectivity index (χ1) is 19.8. The van der Waals surface area contributed by atoms with Crippen LogP contribution in [0, 0.1) is 11.3 Å². The second-order valence-electron chi connectivity index (χ2n) is 11.6. The smallest absolute Gasteiger partial charge is 0.410 e. The van der Waals surface area contributed by atoms with Crippen LogP contribution in [0.15, 0.2) is 48.7 Å². The van der Waals surface area contributed by atoms with Crippen LogP contribution in [0.5, 0.6) is 0 Å². The van der Waals surface area contributed by atoms with Crippen LogP contribution < -0.4 is 5.32 Å². The molecule has 11 heteroatoms. The topological polar surface area (TPSA) is 116 Å². The maximum absolute atomic E-state index is 13.7. The van der Waals surface area contributed by atoms with Gasteiger partial charge in [-0.25, -0.2) is 13.6 Å². The quantitative estimate of drug-likeness (QED) is 0.483. The van der Waals surface area contributed by atoms with E-state index in [0.29, 0.717) is 30.4 Å². The molecule has 0 aliphatic carbocycles. The molecule has 2 aliphatic rings. The summed E-state index contributed by atoms with van der Waals surface area (Å²) < 4.78 is 33.0. The fourth-order valence-electron chi connectivity index (χ4n) is 5.29. The number of hydrogen-bond donors (Lipinski definition) is 1. The minimum atomic E-state index is -3.13. The molecule has 1 atom stereocenters. The van der Waals surface area contributed by atoms with Crippen LogP contribution in [0.3, 0.4) is 0 Å². The SMILES string of the molecule is CC(C)(C)OC(=O)N1CCc2cc(-c3ccc4nccc(C(=O)NCC(=O)N5CC(F)(F)C[C@H]5C#N)c4c3)ccc2C1. The summed E-state index contributed by atoms with van der Waals surface area (Å²) in [6, 6.07) is 13.6. The summed E-state index contributed by atoms with van der Waals surface area (Å²) in [6.07, 6.45) is 1.11. The number of hydrogen-bond acceptors (Lipinski definition) is 6. The van der Waals surface area contributed by atoms with E-state index >= 15 is 0 Å². The summed E-state index contributed by atoms with van der Waals surface area (Å²) in [4.78, 5) is 45.1. The molecule has 1 N–H and O–H groups in total. The summed E-state index contributed by atoms with van der Waals surface area (Å²) in [5.41, 5.74) is 4.24. The molecule has 0 unspecified atom stereocenters. The lowest BCUT2D eigenvalue weighted by molar-refractivity contribution is -0.131. The number of nitrogens with zero attached hydrogens (tertiary/aromatic N) is 4. The van der Waals surface area contributed by atoms with Crippen molar-refractivity contribution in [1.29, 1.82) is 5.26 Å². The van der Waals surface area contributed by atoms with Gasteiger partial charge in [0.2, 0.25) is 5.91 Å². The number of rotatable bonds is 4. The maximum Gasteiger partial charge on any atom is 0.410 e. The van der Waals surface area contributed by atoms with E-state index in [4.69, 9.17) is 10.00 Å². The average molecular weight is 576 g/mol. The first kappa shape index (κ1) is 28.9. The highest BCUT2D eigenvalue weighted by molar-refractivity contribution is 6.07. The Bertz CT molecular complexity index is 1610. The minimum absolute atomic E-state index is 0.282. The molecule has 0 saturated carbocycles. The third-order valence-corrected chi connectivity index (χ3v) is 7.33. The van der Waals surface area contributed by atoms with Gasteiger partial charge in [0.15, 0.2) is 0 Å². The van der Waals surface area contributed by atoms with E-state index in [-0.39, 0.29) is 11.7 Å². The molecule has 1 aromatic heterocycles. The van der Waals surface area contributed by atoms with Crippen molar-refractivity contribution in [3.63, 3.8) is 0 Å². The Morgan fingerprint density at radius 1 is 1.12 bits per heavy atom. The molecule has 1 fully saturated rings. The molecule has 1 saturated heterocycles. The summed E-state index contributed by atoms with van der Waals surface area (Å²) in [5.74, 6) is -4.43. The van der Waals surface area contributed by atoms with Gasteiger partial charge in [0, 0.05) is 31.1 Å². The predicted molar refractivity (Wildman–Crippen MR) is 151 cm³/mol. The summed E-state index contributed by atoms with van der Waals surface area (Å²) >= 11 is 0. The molecule has 0 radical (unpaired) electrons. The highest BCUT2D eigenvalue weighted by Crippen LogP contribution is 2.32. The molecule has 3 aromatic rings. The number of carbonyl (C=O) groups excluding carboxylic acids is 3. The van der Waals surface area contributed by atoms with Crippen molar-refractivity contribution in [2.75, 3.05) is 19.6 Å². The molecule has 42 heavy (non-hydrogen) atoms. The van der Waals surface area contributed by atoms with E-state index in [1.165, 1.54) is 12.3 Å². The van der Waals surface area contributed by atoms with Crippen LogP contribution in [-0.2, 0) is 22.5 Å². The van der Waals surface area contributed by atoms with E-state index < -0.39 is 48.9 Å². The van der Waals surface area contributed by atoms with Crippen LogP contribution in [-0.4, -0.2) is 69.9 Å². The number of fused-ring (bicyclic) bond motifs is 2. The van der Waals surface area contributed by atoms with Gasteiger partial charge in [-0.2, -0.15) is 5.26 Å². The van der Waals surface area contributed by atoms with Crippen molar-refractivity contribution in [3.8, 4) is 17.2 Å². The number of ether oxygens (including phenoxy) is 1. The lowest BCUT2D eigenvalue weighted by Gasteiger charge is -2.31. The first-order valence-electron chi connectivity index (χ1n) is 13.7. The zero-order chi connectivity index (χ0) is 30.2. The number of alkyl halides is 2. The van der Waals surface area contributed by atoms with Gasteiger partial charge >= 0.3 is 6.09 Å². The molecule has 3 amide bonds. The van der Waals surface area contributed by atoms with Crippen LogP contribution in [0.25, 0.3) is 22.0 Å². The normalized spacial score (nSPS) is 17.9. The zero-order valence-electron chi connectivity index (χ0n) is 23.6. The first-order valence-corrected chi connectivity index (χ1v) is 13.7. The Labute approximate surface area is 242 Å². The second kappa shape index (κ2) is 11.0. The number of nitriles is 1. The molecule has 0 bridgehead atoms. The Hall–Kier alpha value is -4.59. The van der Waals surface area contributed by atoms with Gasteiger partial charge < -0.3 is 19.9 Å². The molecule has 0 spiro atoms. The highest BCUT2D eigenvalue weighted by atomic mass is 19.3. The monoisotopic (exact) mass is 575 g/mol. The summed E-state index contributed by atoms with van der Waals surface area (Å²) in [7, 11) is 0. The molecule has 5 rings (SSSR count). The Morgan fingerprint density at radius 2 is 1.86 bits per heavy atom. The van der Waals surface area contributed by atoms with Crippen LogP contribution in [0.2, 0.25) is 0 Å². The van der Waals surface area contributed by atoms with Gasteiger partial charge in [0.1, 0.15) is 11.6 Å². The van der Waals surface area contributed by atoms with Crippen LogP contribution in [0.1, 0.15) is 48.7 Å². The lowest BCUT2D eigenvalue weighted by Crippen LogP contribution is -2.43. The van der Waals surface area contributed by atoms with E-state index in [9.17, 15) is 23.2 Å². The van der Waals surface area contributed by atoms with Gasteiger partial charge in [-0.15, -0.1) is 0 Å². The van der Waals surface area contributed by atoms with E-state index in [0.717, 1.165) is 27.2 Å². The molecule has 2 aliphatic heterocycles. The highest BCUT2D eigenvalue weighted by Gasteiger charge is 2.47. The number of likely N-dealkylation sites (tertiary alicyclic amines) is 1. The lowest BCUT2D eigenvalue weighted by atomic mass is 9.93. The van der Waals surface area contributed by atoms with Crippen LogP contribution >= 0.6 is 0 Å². The Balaban J connectivity index is 1.32. The van der Waals surface area contributed by atoms with Crippen molar-refractivity contribution in [2.45, 2.75) is 57.7 Å². The van der Waals surface area contributed by atoms with Crippen molar-refractivity contribution in [1.82, 2.24) is 20.1 Å². The molecule has 218 valence electrons. The fourth-order valence-corrected chi connectivity index (χ4v) is 5.29. The number of halogens is 2. The maximum atomic E-state index is 13.7. The number of nitrogens with one attached hydrogen (secondary N) is 1. The van der Waals surface area contributed by atoms with E-state index in [2.05, 4.69) is 16.4 Å². The Kier molecular flexibility index (Phi) is 7.58. The number of pyridine rings is 1. The number of benzene rings is 2. The molecule has 2 aromatic carbocycles. The number of amides is 3. The summed E-state index contributed by atoms with van der Waals surface area (Å²) in [5, 5.41) is 12.2. The van der Waals surface area contributed by atoms with Crippen molar-refractivity contribution in [2.24, 2.45) is 0 Å². The third-order valence-electron chi connectivity index (χ3n) is 7.33. The van der Waals surface area contributed by atoms with Gasteiger partial charge in [-0.05, 0) is 67.6 Å². The molecule has 3 heterocycles. The average Bonchev–Trinajstić information content (AvgIpc) is 3.28. The number of carbonyl (C=O) groups is 3. The third kappa shape index (κ3) is 6.17. The zero-order valence-corrected chi connectivity index (χ0v) is 23.6. The van der Waals surface area contributed by atoms with Gasteiger partial charge in [0.05, 0.1) is 30.2 Å².